The van der Waals surface area contributed by atoms with Gasteiger partial charge in [-0.2, -0.15) is 0 Å². The zero-order valence-electron chi connectivity index (χ0n) is 10.3. The van der Waals surface area contributed by atoms with Gasteiger partial charge in [-0.05, 0) is 56.6 Å². The second-order valence-corrected chi connectivity index (χ2v) is 5.82. The van der Waals surface area contributed by atoms with Crippen LogP contribution in [0.25, 0.3) is 0 Å². The van der Waals surface area contributed by atoms with E-state index < -0.39 is 0 Å². The lowest BCUT2D eigenvalue weighted by molar-refractivity contribution is 0.412. The first kappa shape index (κ1) is 15.7. The monoisotopic (exact) mass is 394 g/mol. The van der Waals surface area contributed by atoms with Crippen LogP contribution in [0.1, 0.15) is 19.8 Å². The lowest BCUT2D eigenvalue weighted by atomic mass is 10.3. The van der Waals surface area contributed by atoms with Gasteiger partial charge in [-0.3, -0.25) is 0 Å². The number of ether oxygens (including phenoxy) is 1. The summed E-state index contributed by atoms with van der Waals surface area (Å²) < 4.78 is 7.07. The third-order valence-corrected chi connectivity index (χ3v) is 3.83. The van der Waals surface area contributed by atoms with Crippen molar-refractivity contribution in [1.82, 2.24) is 5.32 Å². The molecule has 0 fully saturated rings. The summed E-state index contributed by atoms with van der Waals surface area (Å²) >= 11 is 12.1. The number of benzene rings is 1. The van der Waals surface area contributed by atoms with E-state index in [1.54, 1.807) is 7.11 Å². The molecule has 100 valence electrons. The summed E-state index contributed by atoms with van der Waals surface area (Å²) in [6, 6.07) is 3.82. The first-order valence-electron chi connectivity index (χ1n) is 5.66. The van der Waals surface area contributed by atoms with Crippen LogP contribution < -0.4 is 15.4 Å². The summed E-state index contributed by atoms with van der Waals surface area (Å²) in [7, 11) is 1.63. The van der Waals surface area contributed by atoms with Gasteiger partial charge in [0.1, 0.15) is 5.75 Å². The topological polar surface area (TPSA) is 33.3 Å². The van der Waals surface area contributed by atoms with Crippen molar-refractivity contribution in [3.05, 3.63) is 21.1 Å². The van der Waals surface area contributed by atoms with E-state index in [1.807, 2.05) is 12.1 Å². The Balaban J connectivity index is 2.69. The lowest BCUT2D eigenvalue weighted by Crippen LogP contribution is -2.29. The Hall–Kier alpha value is -0.330. The Morgan fingerprint density at radius 3 is 2.67 bits per heavy atom. The summed E-state index contributed by atoms with van der Waals surface area (Å²) in [6.07, 6.45) is 2.25. The van der Waals surface area contributed by atoms with Crippen molar-refractivity contribution in [2.45, 2.75) is 19.8 Å². The summed E-state index contributed by atoms with van der Waals surface area (Å²) in [4.78, 5) is 0. The number of hydrogen-bond acceptors (Lipinski definition) is 2. The van der Waals surface area contributed by atoms with Gasteiger partial charge in [0.05, 0.1) is 17.3 Å². The number of unbranched alkanes of at least 4 members (excludes halogenated alkanes) is 1. The van der Waals surface area contributed by atoms with Crippen molar-refractivity contribution in [2.24, 2.45) is 0 Å². The molecule has 0 saturated carbocycles. The Labute approximate surface area is 130 Å². The minimum absolute atomic E-state index is 0.619. The molecule has 0 unspecified atom stereocenters. The number of anilines is 1. The molecule has 0 aliphatic carbocycles. The molecule has 1 rings (SSSR count). The molecule has 0 aliphatic rings. The number of rotatable bonds is 5. The summed E-state index contributed by atoms with van der Waals surface area (Å²) in [5.74, 6) is 0.761. The molecule has 0 atom stereocenters. The number of halogens is 2. The van der Waals surface area contributed by atoms with Crippen molar-refractivity contribution < 1.29 is 4.74 Å². The Morgan fingerprint density at radius 2 is 2.06 bits per heavy atom. The third kappa shape index (κ3) is 4.74. The van der Waals surface area contributed by atoms with Crippen LogP contribution >= 0.6 is 44.1 Å². The van der Waals surface area contributed by atoms with Crippen molar-refractivity contribution in [3.8, 4) is 5.75 Å². The maximum absolute atomic E-state index is 5.25. The second kappa shape index (κ2) is 7.96. The normalized spacial score (nSPS) is 10.0. The SMILES string of the molecule is CCCCNC(=S)Nc1cc(OC)c(Br)cc1Br. The van der Waals surface area contributed by atoms with Crippen LogP contribution in [0, 0.1) is 0 Å². The van der Waals surface area contributed by atoms with E-state index in [9.17, 15) is 0 Å². The molecule has 1 aromatic carbocycles. The highest BCUT2D eigenvalue weighted by Gasteiger charge is 2.08. The smallest absolute Gasteiger partial charge is 0.170 e. The van der Waals surface area contributed by atoms with Gasteiger partial charge in [-0.1, -0.05) is 13.3 Å². The molecule has 1 aromatic rings. The number of hydrogen-bond donors (Lipinski definition) is 2. The van der Waals surface area contributed by atoms with E-state index in [0.29, 0.717) is 5.11 Å². The zero-order valence-corrected chi connectivity index (χ0v) is 14.3. The molecule has 3 nitrogen and oxygen atoms in total. The predicted molar refractivity (Wildman–Crippen MR) is 87.5 cm³/mol. The molecule has 0 radical (unpaired) electrons. The van der Waals surface area contributed by atoms with Gasteiger partial charge >= 0.3 is 0 Å². The van der Waals surface area contributed by atoms with E-state index in [0.717, 1.165) is 39.8 Å². The van der Waals surface area contributed by atoms with E-state index in [-0.39, 0.29) is 0 Å². The number of methoxy groups -OCH3 is 1. The van der Waals surface area contributed by atoms with Crippen LogP contribution in [0.15, 0.2) is 21.1 Å². The Bertz CT molecular complexity index is 427. The van der Waals surface area contributed by atoms with Gasteiger partial charge in [-0.15, -0.1) is 0 Å². The largest absolute Gasteiger partial charge is 0.495 e. The number of thiocarbonyl (C=S) groups is 1. The summed E-state index contributed by atoms with van der Waals surface area (Å²) in [5, 5.41) is 6.92. The second-order valence-electron chi connectivity index (χ2n) is 3.70. The third-order valence-electron chi connectivity index (χ3n) is 2.31. The molecule has 0 aromatic heterocycles. The first-order chi connectivity index (χ1) is 8.58. The van der Waals surface area contributed by atoms with Crippen molar-refractivity contribution >= 4 is 54.9 Å². The molecular weight excluding hydrogens is 380 g/mol. The zero-order chi connectivity index (χ0) is 13.5. The lowest BCUT2D eigenvalue weighted by Gasteiger charge is -2.13. The standard InChI is InChI=1S/C12H16Br2N2OS/c1-3-4-5-15-12(18)16-10-7-11(17-2)9(14)6-8(10)13/h6-7H,3-5H2,1-2H3,(H2,15,16,18). The molecule has 0 spiro atoms. The van der Waals surface area contributed by atoms with Gasteiger partial charge in [0.15, 0.2) is 5.11 Å². The fraction of sp³-hybridized carbons (Fsp3) is 0.417. The van der Waals surface area contributed by atoms with E-state index >= 15 is 0 Å². The molecule has 0 amide bonds. The van der Waals surface area contributed by atoms with E-state index in [4.69, 9.17) is 17.0 Å². The van der Waals surface area contributed by atoms with E-state index in [2.05, 4.69) is 49.4 Å². The molecular formula is C12H16Br2N2OS. The summed E-state index contributed by atoms with van der Waals surface area (Å²) in [5.41, 5.74) is 0.879. The van der Waals surface area contributed by atoms with Crippen LogP contribution in [0.4, 0.5) is 5.69 Å². The van der Waals surface area contributed by atoms with Gasteiger partial charge in [-0.25, -0.2) is 0 Å². The summed E-state index contributed by atoms with van der Waals surface area (Å²) in [6.45, 7) is 3.03. The van der Waals surface area contributed by atoms with Crippen LogP contribution in [0.3, 0.4) is 0 Å². The average Bonchev–Trinajstić information content (AvgIpc) is 2.33. The van der Waals surface area contributed by atoms with Crippen molar-refractivity contribution in [1.29, 1.82) is 0 Å². The van der Waals surface area contributed by atoms with Crippen LogP contribution in [-0.4, -0.2) is 18.8 Å². The van der Waals surface area contributed by atoms with Gasteiger partial charge in [0, 0.05) is 17.1 Å². The minimum atomic E-state index is 0.619. The molecule has 6 heteroatoms. The highest BCUT2D eigenvalue weighted by molar-refractivity contribution is 9.11. The van der Waals surface area contributed by atoms with Crippen molar-refractivity contribution in [3.63, 3.8) is 0 Å². The van der Waals surface area contributed by atoms with Crippen molar-refractivity contribution in [2.75, 3.05) is 19.0 Å². The van der Waals surface area contributed by atoms with Gasteiger partial charge < -0.3 is 15.4 Å². The fourth-order valence-corrected chi connectivity index (χ4v) is 2.79. The molecule has 0 aliphatic heterocycles. The maximum Gasteiger partial charge on any atom is 0.170 e. The highest BCUT2D eigenvalue weighted by atomic mass is 79.9. The first-order valence-corrected chi connectivity index (χ1v) is 7.65. The maximum atomic E-state index is 5.25. The average molecular weight is 396 g/mol. The Kier molecular flexibility index (Phi) is 6.96. The molecule has 2 N–H and O–H groups in total. The minimum Gasteiger partial charge on any atom is -0.495 e. The highest BCUT2D eigenvalue weighted by Crippen LogP contribution is 2.34. The molecule has 0 bridgehead atoms. The predicted octanol–water partition coefficient (Wildman–Crippen LogP) is 4.31. The van der Waals surface area contributed by atoms with Gasteiger partial charge in [0.2, 0.25) is 0 Å². The quantitative estimate of drug-likeness (QED) is 0.574. The fourth-order valence-electron chi connectivity index (χ4n) is 1.33. The van der Waals surface area contributed by atoms with Gasteiger partial charge in [0.25, 0.3) is 0 Å². The molecule has 18 heavy (non-hydrogen) atoms. The van der Waals surface area contributed by atoms with Crippen LogP contribution in [-0.2, 0) is 0 Å². The Morgan fingerprint density at radius 1 is 1.33 bits per heavy atom. The van der Waals surface area contributed by atoms with Crippen LogP contribution in [0.5, 0.6) is 5.75 Å². The molecule has 0 heterocycles. The molecule has 0 saturated heterocycles. The van der Waals surface area contributed by atoms with E-state index in [1.165, 1.54) is 0 Å². The van der Waals surface area contributed by atoms with Crippen LogP contribution in [0.2, 0.25) is 0 Å². The number of nitrogens with one attached hydrogen (secondary N) is 2.